The number of carbonyl (C=O) groups is 1. The van der Waals surface area contributed by atoms with Crippen LogP contribution in [0.4, 0.5) is 5.69 Å². The van der Waals surface area contributed by atoms with Crippen LogP contribution < -0.4 is 5.32 Å². The van der Waals surface area contributed by atoms with Gasteiger partial charge in [-0.1, -0.05) is 81.1 Å². The zero-order valence-electron chi connectivity index (χ0n) is 18.2. The second-order valence-electron chi connectivity index (χ2n) is 7.87. The largest absolute Gasteiger partial charge is 0.325 e. The maximum Gasteiger partial charge on any atom is 0.234 e. The van der Waals surface area contributed by atoms with Crippen molar-refractivity contribution in [3.8, 4) is 0 Å². The van der Waals surface area contributed by atoms with Crippen molar-refractivity contribution >= 4 is 23.4 Å². The predicted molar refractivity (Wildman–Crippen MR) is 124 cm³/mol. The first-order chi connectivity index (χ1) is 14.5. The van der Waals surface area contributed by atoms with Crippen molar-refractivity contribution < 1.29 is 4.79 Å². The molecule has 1 amide bonds. The highest BCUT2D eigenvalue weighted by Crippen LogP contribution is 2.23. The van der Waals surface area contributed by atoms with Crippen molar-refractivity contribution in [1.29, 1.82) is 0 Å². The van der Waals surface area contributed by atoms with Crippen LogP contribution in [0.5, 0.6) is 0 Å². The van der Waals surface area contributed by atoms with Crippen LogP contribution in [-0.4, -0.2) is 26.4 Å². The second kappa shape index (κ2) is 10.4. The number of para-hydroxylation sites is 1. The van der Waals surface area contributed by atoms with Gasteiger partial charge in [0.25, 0.3) is 0 Å². The van der Waals surface area contributed by atoms with Crippen molar-refractivity contribution in [2.45, 2.75) is 52.2 Å². The maximum atomic E-state index is 12.6. The highest BCUT2D eigenvalue weighted by Gasteiger charge is 2.16. The Hall–Kier alpha value is -2.60. The lowest BCUT2D eigenvalue weighted by atomic mass is 10.1. The Balaban J connectivity index is 1.71. The van der Waals surface area contributed by atoms with Crippen LogP contribution in [-0.2, 0) is 24.2 Å². The predicted octanol–water partition coefficient (Wildman–Crippen LogP) is 5.13. The van der Waals surface area contributed by atoms with Crippen LogP contribution in [0.3, 0.4) is 0 Å². The summed E-state index contributed by atoms with van der Waals surface area (Å²) in [5.41, 5.74) is 4.37. The number of aryl methyl sites for hydroxylation is 2. The van der Waals surface area contributed by atoms with Crippen molar-refractivity contribution in [3.63, 3.8) is 0 Å². The number of carbonyl (C=O) groups excluding carboxylic acids is 1. The van der Waals surface area contributed by atoms with E-state index in [4.69, 9.17) is 0 Å². The summed E-state index contributed by atoms with van der Waals surface area (Å²) >= 11 is 1.44. The summed E-state index contributed by atoms with van der Waals surface area (Å²) in [5.74, 6) is 1.68. The molecule has 0 bridgehead atoms. The lowest BCUT2D eigenvalue weighted by molar-refractivity contribution is -0.113. The van der Waals surface area contributed by atoms with Gasteiger partial charge in [0.15, 0.2) is 5.16 Å². The molecule has 5 nitrogen and oxygen atoms in total. The van der Waals surface area contributed by atoms with Crippen molar-refractivity contribution in [3.05, 3.63) is 71.0 Å². The van der Waals surface area contributed by atoms with E-state index in [0.29, 0.717) is 11.7 Å². The quantitative estimate of drug-likeness (QED) is 0.486. The molecule has 3 rings (SSSR count). The molecule has 158 valence electrons. The number of hydrogen-bond acceptors (Lipinski definition) is 4. The van der Waals surface area contributed by atoms with E-state index in [2.05, 4.69) is 59.1 Å². The van der Waals surface area contributed by atoms with Gasteiger partial charge in [-0.15, -0.1) is 10.2 Å². The smallest absolute Gasteiger partial charge is 0.234 e. The molecule has 0 fully saturated rings. The van der Waals surface area contributed by atoms with Gasteiger partial charge in [-0.2, -0.15) is 0 Å². The summed E-state index contributed by atoms with van der Waals surface area (Å²) in [5, 5.41) is 12.7. The number of nitrogens with zero attached hydrogens (tertiary/aromatic N) is 3. The van der Waals surface area contributed by atoms with Gasteiger partial charge in [-0.3, -0.25) is 4.79 Å². The average molecular weight is 423 g/mol. The number of benzene rings is 2. The highest BCUT2D eigenvalue weighted by molar-refractivity contribution is 7.99. The summed E-state index contributed by atoms with van der Waals surface area (Å²) in [6, 6.07) is 16.4. The summed E-state index contributed by atoms with van der Waals surface area (Å²) in [4.78, 5) is 12.6. The van der Waals surface area contributed by atoms with Crippen LogP contribution >= 0.6 is 11.8 Å². The van der Waals surface area contributed by atoms with E-state index in [1.807, 2.05) is 37.3 Å². The molecule has 6 heteroatoms. The van der Waals surface area contributed by atoms with Crippen molar-refractivity contribution in [1.82, 2.24) is 14.8 Å². The number of thioether (sulfide) groups is 1. The summed E-state index contributed by atoms with van der Waals surface area (Å²) in [6.45, 7) is 9.31. The molecule has 0 aliphatic rings. The van der Waals surface area contributed by atoms with Crippen LogP contribution in [0.1, 0.15) is 43.3 Å². The molecule has 0 unspecified atom stereocenters. The number of rotatable bonds is 9. The first kappa shape index (κ1) is 22.1. The lowest BCUT2D eigenvalue weighted by Crippen LogP contribution is -2.17. The Labute approximate surface area is 183 Å². The Morgan fingerprint density at radius 1 is 1.10 bits per heavy atom. The monoisotopic (exact) mass is 422 g/mol. The molecule has 0 aliphatic heterocycles. The minimum atomic E-state index is -0.0206. The molecule has 30 heavy (non-hydrogen) atoms. The minimum absolute atomic E-state index is 0.0206. The third-order valence-corrected chi connectivity index (χ3v) is 5.85. The lowest BCUT2D eigenvalue weighted by Gasteiger charge is -2.14. The van der Waals surface area contributed by atoms with Gasteiger partial charge >= 0.3 is 0 Å². The van der Waals surface area contributed by atoms with E-state index in [1.54, 1.807) is 0 Å². The molecule has 1 aromatic heterocycles. The van der Waals surface area contributed by atoms with Crippen molar-refractivity contribution in [2.24, 2.45) is 5.92 Å². The fraction of sp³-hybridized carbons (Fsp3) is 0.375. The summed E-state index contributed by atoms with van der Waals surface area (Å²) in [7, 11) is 0. The number of aromatic nitrogens is 3. The zero-order valence-corrected chi connectivity index (χ0v) is 19.0. The average Bonchev–Trinajstić information content (AvgIpc) is 3.09. The minimum Gasteiger partial charge on any atom is -0.325 e. The topological polar surface area (TPSA) is 59.8 Å². The van der Waals surface area contributed by atoms with Crippen LogP contribution in [0.15, 0.2) is 53.7 Å². The van der Waals surface area contributed by atoms with E-state index < -0.39 is 0 Å². The third kappa shape index (κ3) is 5.72. The van der Waals surface area contributed by atoms with E-state index in [9.17, 15) is 4.79 Å². The third-order valence-electron chi connectivity index (χ3n) is 4.88. The molecule has 0 aliphatic carbocycles. The van der Waals surface area contributed by atoms with E-state index in [0.717, 1.165) is 47.2 Å². The van der Waals surface area contributed by atoms with Gasteiger partial charge in [0.1, 0.15) is 5.82 Å². The summed E-state index contributed by atoms with van der Waals surface area (Å²) in [6.07, 6.45) is 1.62. The first-order valence-corrected chi connectivity index (χ1v) is 11.4. The highest BCUT2D eigenvalue weighted by atomic mass is 32.2. The Morgan fingerprint density at radius 3 is 2.57 bits per heavy atom. The number of nitrogens with one attached hydrogen (secondary N) is 1. The van der Waals surface area contributed by atoms with Gasteiger partial charge in [-0.05, 0) is 36.0 Å². The van der Waals surface area contributed by atoms with Crippen LogP contribution in [0.2, 0.25) is 0 Å². The molecule has 0 saturated carbocycles. The molecule has 1 N–H and O–H groups in total. The molecule has 1 heterocycles. The molecular weight excluding hydrogens is 392 g/mol. The fourth-order valence-corrected chi connectivity index (χ4v) is 4.16. The van der Waals surface area contributed by atoms with Gasteiger partial charge in [0.2, 0.25) is 5.91 Å². The standard InChI is InChI=1S/C24H30N4OS/c1-5-20-13-9-10-18(4)23(20)25-22(29)16-30-24-27-26-21(28(24)15-17(2)3)14-19-11-7-6-8-12-19/h6-13,17H,5,14-16H2,1-4H3,(H,25,29). The van der Waals surface area contributed by atoms with Crippen LogP contribution in [0.25, 0.3) is 0 Å². The van der Waals surface area contributed by atoms with Gasteiger partial charge in [-0.25, -0.2) is 0 Å². The first-order valence-electron chi connectivity index (χ1n) is 10.4. The van der Waals surface area contributed by atoms with E-state index in [1.165, 1.54) is 17.3 Å². The fourth-order valence-electron chi connectivity index (χ4n) is 3.39. The normalized spacial score (nSPS) is 11.1. The zero-order chi connectivity index (χ0) is 21.5. The van der Waals surface area contributed by atoms with Gasteiger partial charge in [0.05, 0.1) is 5.75 Å². The number of amides is 1. The van der Waals surface area contributed by atoms with E-state index in [-0.39, 0.29) is 5.91 Å². The molecule has 2 aromatic carbocycles. The Kier molecular flexibility index (Phi) is 7.69. The second-order valence-corrected chi connectivity index (χ2v) is 8.81. The van der Waals surface area contributed by atoms with Gasteiger partial charge < -0.3 is 9.88 Å². The number of hydrogen-bond donors (Lipinski definition) is 1. The molecule has 0 saturated heterocycles. The SMILES string of the molecule is CCc1cccc(C)c1NC(=O)CSc1nnc(Cc2ccccc2)n1CC(C)C. The maximum absolute atomic E-state index is 12.6. The molecule has 0 atom stereocenters. The molecular formula is C24H30N4OS. The number of anilines is 1. The Morgan fingerprint density at radius 2 is 1.87 bits per heavy atom. The molecule has 3 aromatic rings. The molecule has 0 radical (unpaired) electrons. The Bertz CT molecular complexity index is 982. The molecule has 0 spiro atoms. The van der Waals surface area contributed by atoms with Gasteiger partial charge in [0, 0.05) is 18.7 Å². The van der Waals surface area contributed by atoms with Crippen molar-refractivity contribution in [2.75, 3.05) is 11.1 Å². The summed E-state index contributed by atoms with van der Waals surface area (Å²) < 4.78 is 2.15. The van der Waals surface area contributed by atoms with E-state index >= 15 is 0 Å². The van der Waals surface area contributed by atoms with Crippen LogP contribution in [0, 0.1) is 12.8 Å².